The number of methoxy groups -OCH3 is 1. The van der Waals surface area contributed by atoms with Gasteiger partial charge in [-0.15, -0.1) is 0 Å². The van der Waals surface area contributed by atoms with Gasteiger partial charge in [-0.25, -0.2) is 9.69 Å². The van der Waals surface area contributed by atoms with E-state index < -0.39 is 17.8 Å². The van der Waals surface area contributed by atoms with Gasteiger partial charge in [0.2, 0.25) is 0 Å². The minimum absolute atomic E-state index is 0.139. The highest BCUT2D eigenvalue weighted by atomic mass is 127. The SMILES string of the molecule is COc1cc(/C=C2/C(=O)NC(=O)N(c3ccc(Cl)c(Cl)c3)C2=O)cc(I)c1OCC(=O)Nc1cc(C)ccc1C. The zero-order valence-corrected chi connectivity index (χ0v) is 25.1. The zero-order chi connectivity index (χ0) is 29.1. The minimum Gasteiger partial charge on any atom is -0.493 e. The van der Waals surface area contributed by atoms with Crippen LogP contribution < -0.4 is 25.0 Å². The van der Waals surface area contributed by atoms with Gasteiger partial charge in [0.25, 0.3) is 17.7 Å². The highest BCUT2D eigenvalue weighted by Gasteiger charge is 2.37. The molecule has 0 aliphatic carbocycles. The van der Waals surface area contributed by atoms with Crippen LogP contribution in [0.5, 0.6) is 11.5 Å². The van der Waals surface area contributed by atoms with Crippen LogP contribution in [0.15, 0.2) is 54.1 Å². The smallest absolute Gasteiger partial charge is 0.335 e. The first kappa shape index (κ1) is 29.4. The lowest BCUT2D eigenvalue weighted by atomic mass is 10.1. The van der Waals surface area contributed by atoms with Crippen molar-refractivity contribution in [3.05, 3.63) is 84.4 Å². The Morgan fingerprint density at radius 1 is 1.05 bits per heavy atom. The number of nitrogens with zero attached hydrogens (tertiary/aromatic N) is 1. The summed E-state index contributed by atoms with van der Waals surface area (Å²) in [6, 6.07) is 12.3. The number of barbiturate groups is 1. The standard InChI is InChI=1S/C28H22Cl2IN3O6/c1-14-4-5-15(2)22(8-14)32-24(35)13-40-25-21(31)10-16(11-23(25)39-3)9-18-26(36)33-28(38)34(27(18)37)17-6-7-19(29)20(30)12-17/h4-12H,13H2,1-3H3,(H,32,35)(H,33,36,38)/b18-9-. The number of carbonyl (C=O) groups is 4. The Labute approximate surface area is 253 Å². The number of halogens is 3. The third-order valence-corrected chi connectivity index (χ3v) is 7.38. The van der Waals surface area contributed by atoms with Crippen LogP contribution in [0, 0.1) is 17.4 Å². The van der Waals surface area contributed by atoms with Gasteiger partial charge in [-0.1, -0.05) is 35.3 Å². The number of carbonyl (C=O) groups excluding carboxylic acids is 4. The van der Waals surface area contributed by atoms with Gasteiger partial charge in [0.15, 0.2) is 18.1 Å². The number of imide groups is 2. The van der Waals surface area contributed by atoms with E-state index in [0.29, 0.717) is 20.6 Å². The monoisotopic (exact) mass is 693 g/mol. The second-order valence-electron chi connectivity index (χ2n) is 8.75. The summed E-state index contributed by atoms with van der Waals surface area (Å²) in [5.74, 6) is -1.46. The number of hydrogen-bond acceptors (Lipinski definition) is 6. The highest BCUT2D eigenvalue weighted by molar-refractivity contribution is 14.1. The summed E-state index contributed by atoms with van der Waals surface area (Å²) in [5.41, 5.74) is 2.91. The molecule has 1 saturated heterocycles. The molecule has 40 heavy (non-hydrogen) atoms. The molecule has 206 valence electrons. The number of hydrogen-bond donors (Lipinski definition) is 2. The molecule has 1 aliphatic rings. The van der Waals surface area contributed by atoms with E-state index in [4.69, 9.17) is 32.7 Å². The van der Waals surface area contributed by atoms with Crippen molar-refractivity contribution in [3.63, 3.8) is 0 Å². The summed E-state index contributed by atoms with van der Waals surface area (Å²) >= 11 is 14.0. The Kier molecular flexibility index (Phi) is 9.02. The molecule has 0 bridgehead atoms. The maximum absolute atomic E-state index is 13.2. The molecule has 2 N–H and O–H groups in total. The van der Waals surface area contributed by atoms with Gasteiger partial charge in [0.05, 0.1) is 26.4 Å². The van der Waals surface area contributed by atoms with Crippen molar-refractivity contribution >= 4 is 87.0 Å². The topological polar surface area (TPSA) is 114 Å². The van der Waals surface area contributed by atoms with Crippen LogP contribution in [0.3, 0.4) is 0 Å². The van der Waals surface area contributed by atoms with E-state index in [-0.39, 0.29) is 39.6 Å². The molecule has 12 heteroatoms. The van der Waals surface area contributed by atoms with Crippen molar-refractivity contribution in [1.29, 1.82) is 0 Å². The number of amides is 5. The van der Waals surface area contributed by atoms with E-state index in [9.17, 15) is 19.2 Å². The van der Waals surface area contributed by atoms with Crippen molar-refractivity contribution in [2.45, 2.75) is 13.8 Å². The first-order chi connectivity index (χ1) is 19.0. The highest BCUT2D eigenvalue weighted by Crippen LogP contribution is 2.35. The third-order valence-electron chi connectivity index (χ3n) is 5.84. The van der Waals surface area contributed by atoms with Crippen molar-refractivity contribution in [1.82, 2.24) is 5.32 Å². The molecule has 0 spiro atoms. The average molecular weight is 694 g/mol. The predicted octanol–water partition coefficient (Wildman–Crippen LogP) is 5.91. The van der Waals surface area contributed by atoms with E-state index in [1.54, 1.807) is 12.1 Å². The molecule has 0 atom stereocenters. The van der Waals surface area contributed by atoms with Crippen LogP contribution in [0.1, 0.15) is 16.7 Å². The molecular weight excluding hydrogens is 672 g/mol. The number of anilines is 2. The Hall–Kier alpha value is -3.61. The fourth-order valence-corrected chi connectivity index (χ4v) is 4.91. The number of benzene rings is 3. The van der Waals surface area contributed by atoms with Crippen molar-refractivity contribution < 1.29 is 28.7 Å². The van der Waals surface area contributed by atoms with Crippen LogP contribution in [0.2, 0.25) is 10.0 Å². The van der Waals surface area contributed by atoms with Crippen molar-refractivity contribution in [2.75, 3.05) is 23.9 Å². The summed E-state index contributed by atoms with van der Waals surface area (Å²) in [5, 5.41) is 5.38. The van der Waals surface area contributed by atoms with Crippen molar-refractivity contribution in [2.24, 2.45) is 0 Å². The molecular formula is C28H22Cl2IN3O6. The van der Waals surface area contributed by atoms with Crippen LogP contribution >= 0.6 is 45.8 Å². The van der Waals surface area contributed by atoms with Crippen molar-refractivity contribution in [3.8, 4) is 11.5 Å². The molecule has 1 heterocycles. The molecule has 3 aromatic rings. The Morgan fingerprint density at radius 3 is 2.50 bits per heavy atom. The van der Waals surface area contributed by atoms with E-state index in [1.807, 2.05) is 54.6 Å². The molecule has 0 unspecified atom stereocenters. The first-order valence-electron chi connectivity index (χ1n) is 11.7. The maximum atomic E-state index is 13.2. The lowest BCUT2D eigenvalue weighted by molar-refractivity contribution is -0.122. The molecule has 9 nitrogen and oxygen atoms in total. The predicted molar refractivity (Wildman–Crippen MR) is 161 cm³/mol. The second-order valence-corrected chi connectivity index (χ2v) is 10.7. The van der Waals surface area contributed by atoms with Crippen LogP contribution in [-0.2, 0) is 14.4 Å². The molecule has 3 aromatic carbocycles. The van der Waals surface area contributed by atoms with Crippen LogP contribution in [-0.4, -0.2) is 37.5 Å². The molecule has 0 aromatic heterocycles. The zero-order valence-electron chi connectivity index (χ0n) is 21.4. The largest absolute Gasteiger partial charge is 0.493 e. The van der Waals surface area contributed by atoms with Gasteiger partial charge < -0.3 is 14.8 Å². The van der Waals surface area contributed by atoms with Gasteiger partial charge in [-0.3, -0.25) is 19.7 Å². The maximum Gasteiger partial charge on any atom is 0.335 e. The first-order valence-corrected chi connectivity index (χ1v) is 13.6. The molecule has 4 rings (SSSR count). The Balaban J connectivity index is 1.57. The number of urea groups is 1. The average Bonchev–Trinajstić information content (AvgIpc) is 2.89. The molecule has 0 radical (unpaired) electrons. The normalized spacial score (nSPS) is 14.3. The van der Waals surface area contributed by atoms with Crippen LogP contribution in [0.25, 0.3) is 6.08 Å². The summed E-state index contributed by atoms with van der Waals surface area (Å²) in [6.07, 6.45) is 1.33. The van der Waals surface area contributed by atoms with Gasteiger partial charge in [0.1, 0.15) is 5.57 Å². The lowest BCUT2D eigenvalue weighted by Gasteiger charge is -2.26. The number of rotatable bonds is 7. The minimum atomic E-state index is -0.916. The third kappa shape index (κ3) is 6.40. The fourth-order valence-electron chi connectivity index (χ4n) is 3.84. The van der Waals surface area contributed by atoms with E-state index in [1.165, 1.54) is 31.4 Å². The van der Waals surface area contributed by atoms with Gasteiger partial charge >= 0.3 is 6.03 Å². The van der Waals surface area contributed by atoms with Gasteiger partial charge in [-0.2, -0.15) is 0 Å². The number of ether oxygens (including phenoxy) is 2. The Morgan fingerprint density at radius 2 is 1.80 bits per heavy atom. The number of aryl methyl sites for hydroxylation is 2. The van der Waals surface area contributed by atoms with Gasteiger partial charge in [-0.05, 0) is 95.6 Å². The summed E-state index contributed by atoms with van der Waals surface area (Å²) in [4.78, 5) is 51.7. The second kappa shape index (κ2) is 12.3. The summed E-state index contributed by atoms with van der Waals surface area (Å²) < 4.78 is 11.8. The quantitative estimate of drug-likeness (QED) is 0.181. The summed E-state index contributed by atoms with van der Waals surface area (Å²) in [7, 11) is 1.43. The van der Waals surface area contributed by atoms with E-state index >= 15 is 0 Å². The molecule has 0 saturated carbocycles. The lowest BCUT2D eigenvalue weighted by Crippen LogP contribution is -2.54. The number of nitrogens with one attached hydrogen (secondary N) is 2. The Bertz CT molecular complexity index is 1590. The molecule has 1 aliphatic heterocycles. The van der Waals surface area contributed by atoms with E-state index in [0.717, 1.165) is 16.0 Å². The fraction of sp³-hybridized carbons (Fsp3) is 0.143. The van der Waals surface area contributed by atoms with Gasteiger partial charge in [0, 0.05) is 5.69 Å². The summed E-state index contributed by atoms with van der Waals surface area (Å²) in [6.45, 7) is 3.55. The van der Waals surface area contributed by atoms with Crippen LogP contribution in [0.4, 0.5) is 16.2 Å². The molecule has 5 amide bonds. The van der Waals surface area contributed by atoms with E-state index in [2.05, 4.69) is 10.6 Å². The molecule has 1 fully saturated rings.